The molecule has 1 N–H and O–H groups in total. The van der Waals surface area contributed by atoms with E-state index in [1.54, 1.807) is 48.5 Å². The fraction of sp³-hybridized carbons (Fsp3) is 0.320. The third-order valence-electron chi connectivity index (χ3n) is 5.19. The van der Waals surface area contributed by atoms with Crippen LogP contribution in [0.1, 0.15) is 72.4 Å². The maximum atomic E-state index is 12.9. The summed E-state index contributed by atoms with van der Waals surface area (Å²) in [4.78, 5) is 48.3. The zero-order valence-corrected chi connectivity index (χ0v) is 18.9. The van der Waals surface area contributed by atoms with E-state index in [0.717, 1.165) is 11.3 Å². The summed E-state index contributed by atoms with van der Waals surface area (Å²) < 4.78 is 0. The van der Waals surface area contributed by atoms with E-state index in [1.807, 2.05) is 13.8 Å². The number of hydrogen-bond donors (Lipinski definition) is 1. The minimum atomic E-state index is -0.522. The molecular formula is C25H26N4O3. The molecule has 1 aromatic heterocycles. The lowest BCUT2D eigenvalue weighted by atomic mass is 9.81. The number of rotatable bonds is 4. The minimum absolute atomic E-state index is 0.0412. The monoisotopic (exact) mass is 430 g/mol. The summed E-state index contributed by atoms with van der Waals surface area (Å²) in [6, 6.07) is 13.5. The normalized spacial score (nSPS) is 14.1. The molecule has 1 aliphatic rings. The fourth-order valence-corrected chi connectivity index (χ4v) is 4.35. The van der Waals surface area contributed by atoms with Gasteiger partial charge in [0.2, 0.25) is 0 Å². The van der Waals surface area contributed by atoms with E-state index < -0.39 is 11.8 Å². The number of carbonyl (C=O) groups excluding carboxylic acids is 3. The average molecular weight is 431 g/mol. The molecule has 3 aromatic rings. The lowest BCUT2D eigenvalue weighted by Crippen LogP contribution is -2.45. The number of imide groups is 1. The Hall–Kier alpha value is -3.61. The second-order valence-electron chi connectivity index (χ2n) is 9.98. The molecule has 0 fully saturated rings. The molecule has 2 heterocycles. The lowest BCUT2D eigenvalue weighted by Gasteiger charge is -2.33. The van der Waals surface area contributed by atoms with Gasteiger partial charge in [-0.3, -0.25) is 14.4 Å². The zero-order chi connectivity index (χ0) is 23.3. The predicted molar refractivity (Wildman–Crippen MR) is 123 cm³/mol. The van der Waals surface area contributed by atoms with Gasteiger partial charge in [-0.2, -0.15) is 0 Å². The molecule has 7 heteroatoms. The largest absolute Gasteiger partial charge is 0.347 e. The molecule has 7 nitrogen and oxygen atoms in total. The molecule has 0 spiro atoms. The van der Waals surface area contributed by atoms with E-state index in [1.165, 1.54) is 0 Å². The smallest absolute Gasteiger partial charge is 0.286 e. The Morgan fingerprint density at radius 3 is 1.81 bits per heavy atom. The maximum absolute atomic E-state index is 12.9. The van der Waals surface area contributed by atoms with Gasteiger partial charge in [-0.15, -0.1) is 0 Å². The molecule has 32 heavy (non-hydrogen) atoms. The number of fused-ring (bicyclic) bond motifs is 2. The molecule has 0 atom stereocenters. The summed E-state index contributed by atoms with van der Waals surface area (Å²) in [7, 11) is 0. The Morgan fingerprint density at radius 1 is 0.844 bits per heavy atom. The first-order valence-corrected chi connectivity index (χ1v) is 10.5. The number of aromatic nitrogens is 2. The van der Waals surface area contributed by atoms with Crippen molar-refractivity contribution >= 4 is 34.4 Å². The van der Waals surface area contributed by atoms with Gasteiger partial charge < -0.3 is 5.32 Å². The Morgan fingerprint density at radius 2 is 1.34 bits per heavy atom. The van der Waals surface area contributed by atoms with Gasteiger partial charge in [0.25, 0.3) is 17.7 Å². The van der Waals surface area contributed by atoms with Gasteiger partial charge in [0, 0.05) is 11.1 Å². The SMILES string of the molecule is CC(C)(C)CC(C)(C)NC(=O)c1ccc(N2C(=O)c3nc4ccccc4nc3C2=O)cc1. The Kier molecular flexibility index (Phi) is 5.07. The highest BCUT2D eigenvalue weighted by Crippen LogP contribution is 2.29. The highest BCUT2D eigenvalue weighted by molar-refractivity contribution is 6.33. The van der Waals surface area contributed by atoms with E-state index in [2.05, 4.69) is 36.1 Å². The van der Waals surface area contributed by atoms with Crippen LogP contribution in [0.3, 0.4) is 0 Å². The van der Waals surface area contributed by atoms with Crippen molar-refractivity contribution in [3.8, 4) is 0 Å². The number of amides is 3. The van der Waals surface area contributed by atoms with Crippen LogP contribution in [0.15, 0.2) is 48.5 Å². The van der Waals surface area contributed by atoms with Gasteiger partial charge in [-0.1, -0.05) is 32.9 Å². The predicted octanol–water partition coefficient (Wildman–Crippen LogP) is 4.38. The van der Waals surface area contributed by atoms with Crippen LogP contribution in [0.2, 0.25) is 0 Å². The first-order valence-electron chi connectivity index (χ1n) is 10.5. The topological polar surface area (TPSA) is 92.3 Å². The highest BCUT2D eigenvalue weighted by atomic mass is 16.2. The second kappa shape index (κ2) is 7.51. The van der Waals surface area contributed by atoms with Crippen molar-refractivity contribution in [2.45, 2.75) is 46.6 Å². The van der Waals surface area contributed by atoms with Gasteiger partial charge in [0.05, 0.1) is 16.7 Å². The zero-order valence-electron chi connectivity index (χ0n) is 18.9. The number of anilines is 1. The Labute approximate surface area is 186 Å². The summed E-state index contributed by atoms with van der Waals surface area (Å²) in [6.07, 6.45) is 0.813. The first kappa shape index (κ1) is 21.6. The molecule has 0 saturated heterocycles. The average Bonchev–Trinajstić information content (AvgIpc) is 2.94. The van der Waals surface area contributed by atoms with Gasteiger partial charge in [0.1, 0.15) is 0 Å². The molecule has 0 unspecified atom stereocenters. The van der Waals surface area contributed by atoms with E-state index >= 15 is 0 Å². The molecule has 3 amide bonds. The van der Waals surface area contributed by atoms with Crippen molar-refractivity contribution in [1.82, 2.24) is 15.3 Å². The van der Waals surface area contributed by atoms with Gasteiger partial charge >= 0.3 is 0 Å². The molecule has 1 aliphatic heterocycles. The highest BCUT2D eigenvalue weighted by Gasteiger charge is 2.40. The van der Waals surface area contributed by atoms with Crippen LogP contribution >= 0.6 is 0 Å². The number of carbonyl (C=O) groups is 3. The number of nitrogens with zero attached hydrogens (tertiary/aromatic N) is 3. The summed E-state index contributed by atoms with van der Waals surface area (Å²) in [5, 5.41) is 3.06. The molecule has 2 aromatic carbocycles. The van der Waals surface area contributed by atoms with Crippen molar-refractivity contribution in [3.05, 3.63) is 65.5 Å². The maximum Gasteiger partial charge on any atom is 0.286 e. The van der Waals surface area contributed by atoms with E-state index in [0.29, 0.717) is 22.3 Å². The third-order valence-corrected chi connectivity index (χ3v) is 5.19. The minimum Gasteiger partial charge on any atom is -0.347 e. The second-order valence-corrected chi connectivity index (χ2v) is 9.98. The fourth-order valence-electron chi connectivity index (χ4n) is 4.35. The number of nitrogens with one attached hydrogen (secondary N) is 1. The Balaban J connectivity index is 1.56. The van der Waals surface area contributed by atoms with Crippen LogP contribution in [0.4, 0.5) is 5.69 Å². The molecule has 0 aliphatic carbocycles. The number of benzene rings is 2. The van der Waals surface area contributed by atoms with Gasteiger partial charge in [-0.05, 0) is 62.1 Å². The van der Waals surface area contributed by atoms with Crippen LogP contribution in [-0.2, 0) is 0 Å². The van der Waals surface area contributed by atoms with Crippen LogP contribution in [0, 0.1) is 5.41 Å². The van der Waals surface area contributed by atoms with Crippen LogP contribution in [-0.4, -0.2) is 33.2 Å². The lowest BCUT2D eigenvalue weighted by molar-refractivity contribution is 0.0888. The van der Waals surface area contributed by atoms with Crippen molar-refractivity contribution in [1.29, 1.82) is 0 Å². The molecular weight excluding hydrogens is 404 g/mol. The Bertz CT molecular complexity index is 1190. The van der Waals surface area contributed by atoms with Crippen LogP contribution < -0.4 is 10.2 Å². The van der Waals surface area contributed by atoms with E-state index in [9.17, 15) is 14.4 Å². The molecule has 0 radical (unpaired) electrons. The summed E-state index contributed by atoms with van der Waals surface area (Å²) >= 11 is 0. The molecule has 0 bridgehead atoms. The third kappa shape index (κ3) is 4.10. The van der Waals surface area contributed by atoms with Crippen LogP contribution in [0.25, 0.3) is 11.0 Å². The number of hydrogen-bond acceptors (Lipinski definition) is 5. The van der Waals surface area contributed by atoms with Crippen molar-refractivity contribution in [3.63, 3.8) is 0 Å². The van der Waals surface area contributed by atoms with E-state index in [4.69, 9.17) is 0 Å². The van der Waals surface area contributed by atoms with E-state index in [-0.39, 0.29) is 28.2 Å². The van der Waals surface area contributed by atoms with Crippen molar-refractivity contribution in [2.24, 2.45) is 5.41 Å². The summed E-state index contributed by atoms with van der Waals surface area (Å²) in [6.45, 7) is 10.4. The first-order chi connectivity index (χ1) is 15.0. The number of para-hydroxylation sites is 2. The standard InChI is InChI=1S/C25H26N4O3/c1-24(2,3)14-25(4,5)28-21(30)15-10-12-16(13-11-15)29-22(31)19-20(23(29)32)27-18-9-7-6-8-17(18)26-19/h6-13H,14H2,1-5H3,(H,28,30). The van der Waals surface area contributed by atoms with Crippen molar-refractivity contribution in [2.75, 3.05) is 4.90 Å². The quantitative estimate of drug-likeness (QED) is 0.621. The molecule has 4 rings (SSSR count). The van der Waals surface area contributed by atoms with Gasteiger partial charge in [-0.25, -0.2) is 14.9 Å². The summed E-state index contributed by atoms with van der Waals surface area (Å²) in [5.41, 5.74) is 1.70. The van der Waals surface area contributed by atoms with Crippen LogP contribution in [0.5, 0.6) is 0 Å². The van der Waals surface area contributed by atoms with Crippen molar-refractivity contribution < 1.29 is 14.4 Å². The molecule has 0 saturated carbocycles. The molecule has 164 valence electrons. The van der Waals surface area contributed by atoms with Gasteiger partial charge in [0.15, 0.2) is 11.4 Å². The summed E-state index contributed by atoms with van der Waals surface area (Å²) in [5.74, 6) is -1.25.